The lowest BCUT2D eigenvalue weighted by Crippen LogP contribution is -2.61. The first-order chi connectivity index (χ1) is 9.00. The predicted octanol–water partition coefficient (Wildman–Crippen LogP) is 1.34. The van der Waals surface area contributed by atoms with Gasteiger partial charge in [0.25, 0.3) is 5.91 Å². The van der Waals surface area contributed by atoms with Gasteiger partial charge < -0.3 is 15.3 Å². The van der Waals surface area contributed by atoms with Gasteiger partial charge in [-0.3, -0.25) is 9.59 Å². The molecule has 2 unspecified atom stereocenters. The Balaban J connectivity index is 2.21. The van der Waals surface area contributed by atoms with Crippen LogP contribution in [0.4, 0.5) is 0 Å². The average Bonchev–Trinajstić information content (AvgIpc) is 2.38. The molecule has 19 heavy (non-hydrogen) atoms. The van der Waals surface area contributed by atoms with Crippen LogP contribution in [-0.2, 0) is 4.79 Å². The number of amides is 1. The molecule has 102 valence electrons. The molecule has 1 aromatic rings. The Morgan fingerprint density at radius 2 is 2.21 bits per heavy atom. The highest BCUT2D eigenvalue weighted by molar-refractivity contribution is 9.10. The van der Waals surface area contributed by atoms with E-state index < -0.39 is 12.0 Å². The Bertz CT molecular complexity index is 506. The monoisotopic (exact) mass is 326 g/mol. The summed E-state index contributed by atoms with van der Waals surface area (Å²) in [5.74, 6) is -1.07. The number of hydrogen-bond donors (Lipinski definition) is 2. The number of rotatable bonds is 2. The van der Waals surface area contributed by atoms with Crippen molar-refractivity contribution >= 4 is 27.8 Å². The second-order valence-corrected chi connectivity index (χ2v) is 5.44. The molecule has 0 bridgehead atoms. The molecule has 1 heterocycles. The summed E-state index contributed by atoms with van der Waals surface area (Å²) in [6.07, 6.45) is 0. The molecule has 0 aliphatic carbocycles. The number of nitrogens with one attached hydrogen (secondary N) is 1. The van der Waals surface area contributed by atoms with Gasteiger partial charge in [-0.1, -0.05) is 22.0 Å². The molecule has 6 heteroatoms. The van der Waals surface area contributed by atoms with Gasteiger partial charge in [0.2, 0.25) is 0 Å². The molecule has 2 atom stereocenters. The molecule has 0 spiro atoms. The second-order valence-electron chi connectivity index (χ2n) is 4.52. The Hall–Kier alpha value is -1.40. The molecule has 1 saturated heterocycles. The highest BCUT2D eigenvalue weighted by Gasteiger charge is 2.35. The number of halogens is 1. The summed E-state index contributed by atoms with van der Waals surface area (Å²) in [7, 11) is 0. The van der Waals surface area contributed by atoms with Gasteiger partial charge in [-0.2, -0.15) is 0 Å². The van der Waals surface area contributed by atoms with E-state index in [-0.39, 0.29) is 11.9 Å². The van der Waals surface area contributed by atoms with E-state index in [9.17, 15) is 9.59 Å². The zero-order chi connectivity index (χ0) is 14.0. The van der Waals surface area contributed by atoms with Crippen molar-refractivity contribution in [1.82, 2.24) is 10.2 Å². The topological polar surface area (TPSA) is 69.6 Å². The Morgan fingerprint density at radius 3 is 2.84 bits per heavy atom. The fraction of sp³-hybridized carbons (Fsp3) is 0.385. The van der Waals surface area contributed by atoms with Crippen molar-refractivity contribution in [2.75, 3.05) is 13.1 Å². The minimum atomic E-state index is -0.931. The molecule has 1 amide bonds. The van der Waals surface area contributed by atoms with Crippen LogP contribution in [0.15, 0.2) is 28.7 Å². The summed E-state index contributed by atoms with van der Waals surface area (Å²) in [5, 5.41) is 12.0. The molecular weight excluding hydrogens is 312 g/mol. The zero-order valence-electron chi connectivity index (χ0n) is 10.5. The van der Waals surface area contributed by atoms with Crippen LogP contribution < -0.4 is 5.32 Å². The lowest BCUT2D eigenvalue weighted by atomic mass is 10.0. The lowest BCUT2D eigenvalue weighted by molar-refractivity contribution is -0.141. The average molecular weight is 327 g/mol. The summed E-state index contributed by atoms with van der Waals surface area (Å²) in [5.41, 5.74) is 0.562. The third kappa shape index (κ3) is 2.96. The van der Waals surface area contributed by atoms with E-state index in [1.54, 1.807) is 30.0 Å². The molecule has 2 rings (SSSR count). The quantitative estimate of drug-likeness (QED) is 0.860. The number of carbonyl (C=O) groups is 2. The maximum atomic E-state index is 12.4. The molecule has 0 saturated carbocycles. The van der Waals surface area contributed by atoms with Crippen molar-refractivity contribution in [2.45, 2.75) is 19.0 Å². The second kappa shape index (κ2) is 5.71. The third-order valence-corrected chi connectivity index (χ3v) is 3.78. The Kier molecular flexibility index (Phi) is 4.21. The van der Waals surface area contributed by atoms with E-state index in [0.29, 0.717) is 18.7 Å². The smallest absolute Gasteiger partial charge is 0.322 e. The predicted molar refractivity (Wildman–Crippen MR) is 74.1 cm³/mol. The maximum Gasteiger partial charge on any atom is 0.322 e. The van der Waals surface area contributed by atoms with Gasteiger partial charge in [-0.25, -0.2) is 0 Å². The van der Waals surface area contributed by atoms with Crippen molar-refractivity contribution in [3.8, 4) is 0 Å². The minimum absolute atomic E-state index is 0.137. The normalized spacial score (nSPS) is 23.2. The molecule has 1 aromatic carbocycles. The number of aliphatic carboxylic acids is 1. The van der Waals surface area contributed by atoms with Crippen LogP contribution in [0.1, 0.15) is 17.3 Å². The number of nitrogens with zero attached hydrogens (tertiary/aromatic N) is 1. The third-order valence-electron chi connectivity index (χ3n) is 3.29. The van der Waals surface area contributed by atoms with E-state index in [1.807, 2.05) is 6.07 Å². The van der Waals surface area contributed by atoms with Crippen molar-refractivity contribution in [3.05, 3.63) is 34.3 Å². The van der Waals surface area contributed by atoms with Crippen molar-refractivity contribution in [2.24, 2.45) is 0 Å². The first-order valence-electron chi connectivity index (χ1n) is 6.03. The van der Waals surface area contributed by atoms with Crippen molar-refractivity contribution in [1.29, 1.82) is 0 Å². The van der Waals surface area contributed by atoms with Gasteiger partial charge in [0.15, 0.2) is 0 Å². The van der Waals surface area contributed by atoms with Crippen LogP contribution in [-0.4, -0.2) is 47.1 Å². The summed E-state index contributed by atoms with van der Waals surface area (Å²) >= 11 is 3.33. The van der Waals surface area contributed by atoms with Crippen molar-refractivity contribution < 1.29 is 14.7 Å². The molecule has 1 aliphatic heterocycles. The molecule has 0 aromatic heterocycles. The van der Waals surface area contributed by atoms with Crippen LogP contribution in [0.3, 0.4) is 0 Å². The number of benzene rings is 1. The van der Waals surface area contributed by atoms with Crippen LogP contribution in [0, 0.1) is 0 Å². The lowest BCUT2D eigenvalue weighted by Gasteiger charge is -2.38. The van der Waals surface area contributed by atoms with Crippen LogP contribution >= 0.6 is 15.9 Å². The first kappa shape index (κ1) is 14.0. The van der Waals surface area contributed by atoms with E-state index in [0.717, 1.165) is 4.47 Å². The molecule has 1 fully saturated rings. The standard InChI is InChI=1S/C13H15BrN2O3/c1-8-11(13(18)19)15-5-6-16(8)12(17)9-3-2-4-10(14)7-9/h2-4,7-8,11,15H,5-6H2,1H3,(H,18,19). The first-order valence-corrected chi connectivity index (χ1v) is 6.82. The van der Waals surface area contributed by atoms with E-state index in [4.69, 9.17) is 5.11 Å². The zero-order valence-corrected chi connectivity index (χ0v) is 12.1. The highest BCUT2D eigenvalue weighted by Crippen LogP contribution is 2.17. The summed E-state index contributed by atoms with van der Waals surface area (Å²) in [6, 6.07) is 6.02. The summed E-state index contributed by atoms with van der Waals surface area (Å²) < 4.78 is 0.830. The number of hydrogen-bond acceptors (Lipinski definition) is 3. The molecule has 1 aliphatic rings. The number of carboxylic acid groups (broad SMARTS) is 1. The number of carboxylic acids is 1. The van der Waals surface area contributed by atoms with E-state index in [2.05, 4.69) is 21.2 Å². The number of carbonyl (C=O) groups excluding carboxylic acids is 1. The minimum Gasteiger partial charge on any atom is -0.480 e. The Labute approximate surface area is 119 Å². The van der Waals surface area contributed by atoms with Gasteiger partial charge in [0.1, 0.15) is 6.04 Å². The van der Waals surface area contributed by atoms with Crippen molar-refractivity contribution in [3.63, 3.8) is 0 Å². The fourth-order valence-electron chi connectivity index (χ4n) is 2.26. The maximum absolute atomic E-state index is 12.4. The highest BCUT2D eigenvalue weighted by atomic mass is 79.9. The molecular formula is C13H15BrN2O3. The summed E-state index contributed by atoms with van der Waals surface area (Å²) in [4.78, 5) is 25.1. The number of piperazine rings is 1. The van der Waals surface area contributed by atoms with Gasteiger partial charge in [0.05, 0.1) is 6.04 Å². The van der Waals surface area contributed by atoms with E-state index in [1.165, 1.54) is 0 Å². The summed E-state index contributed by atoms with van der Waals surface area (Å²) in [6.45, 7) is 2.75. The SMILES string of the molecule is CC1C(C(=O)O)NCCN1C(=O)c1cccc(Br)c1. The largest absolute Gasteiger partial charge is 0.480 e. The van der Waals surface area contributed by atoms with Crippen LogP contribution in [0.5, 0.6) is 0 Å². The van der Waals surface area contributed by atoms with Gasteiger partial charge in [0, 0.05) is 23.1 Å². The molecule has 0 radical (unpaired) electrons. The Morgan fingerprint density at radius 1 is 1.47 bits per heavy atom. The fourth-order valence-corrected chi connectivity index (χ4v) is 2.66. The molecule has 2 N–H and O–H groups in total. The van der Waals surface area contributed by atoms with Gasteiger partial charge in [-0.05, 0) is 25.1 Å². The van der Waals surface area contributed by atoms with E-state index >= 15 is 0 Å². The van der Waals surface area contributed by atoms with Crippen LogP contribution in [0.2, 0.25) is 0 Å². The van der Waals surface area contributed by atoms with Crippen LogP contribution in [0.25, 0.3) is 0 Å². The van der Waals surface area contributed by atoms with Gasteiger partial charge in [-0.15, -0.1) is 0 Å². The molecule has 5 nitrogen and oxygen atoms in total. The van der Waals surface area contributed by atoms with Gasteiger partial charge >= 0.3 is 5.97 Å².